The molecule has 1 aromatic rings. The average Bonchev–Trinajstić information content (AvgIpc) is 2.40. The van der Waals surface area contributed by atoms with Crippen LogP contribution in [0.25, 0.3) is 0 Å². The van der Waals surface area contributed by atoms with Gasteiger partial charge in [-0.25, -0.2) is 0 Å². The zero-order chi connectivity index (χ0) is 12.1. The number of aryl methyl sites for hydroxylation is 1. The van der Waals surface area contributed by atoms with Crippen LogP contribution in [0.4, 0.5) is 0 Å². The van der Waals surface area contributed by atoms with Gasteiger partial charge in [-0.2, -0.15) is 0 Å². The smallest absolute Gasteiger partial charge is 0.00671 e. The normalized spacial score (nSPS) is 20.1. The van der Waals surface area contributed by atoms with E-state index in [-0.39, 0.29) is 0 Å². The van der Waals surface area contributed by atoms with Gasteiger partial charge in [0, 0.05) is 0 Å². The highest BCUT2D eigenvalue weighted by Crippen LogP contribution is 2.27. The van der Waals surface area contributed by atoms with E-state index in [1.54, 1.807) is 5.57 Å². The highest BCUT2D eigenvalue weighted by Gasteiger charge is 2.12. The van der Waals surface area contributed by atoms with E-state index in [1.807, 2.05) is 0 Å². The van der Waals surface area contributed by atoms with Crippen LogP contribution in [0.2, 0.25) is 0 Å². The molecule has 1 atom stereocenters. The Labute approximate surface area is 106 Å². The first-order chi connectivity index (χ1) is 8.31. The number of hydrogen-bond acceptors (Lipinski definition) is 0. The van der Waals surface area contributed by atoms with E-state index in [1.165, 1.54) is 43.2 Å². The summed E-state index contributed by atoms with van der Waals surface area (Å²) in [5.74, 6) is 0.946. The Morgan fingerprint density at radius 3 is 2.29 bits per heavy atom. The standard InChI is InChI=1S/C17H24/c1-3-14-5-9-16(10-6-14)13-17-11-7-15(4-2)8-12-17/h5-6,9-11,15H,3-4,7-8,12-13H2,1-2H3. The summed E-state index contributed by atoms with van der Waals surface area (Å²) in [5.41, 5.74) is 4.57. The van der Waals surface area contributed by atoms with E-state index in [4.69, 9.17) is 0 Å². The molecule has 0 radical (unpaired) electrons. The van der Waals surface area contributed by atoms with Gasteiger partial charge in [-0.15, -0.1) is 0 Å². The van der Waals surface area contributed by atoms with Gasteiger partial charge in [-0.3, -0.25) is 0 Å². The Hall–Kier alpha value is -1.04. The summed E-state index contributed by atoms with van der Waals surface area (Å²) in [6.07, 6.45) is 10.2. The fraction of sp³-hybridized carbons (Fsp3) is 0.529. The molecule has 0 saturated heterocycles. The quantitative estimate of drug-likeness (QED) is 0.641. The molecule has 92 valence electrons. The second kappa shape index (κ2) is 6.05. The topological polar surface area (TPSA) is 0 Å². The van der Waals surface area contributed by atoms with Crippen molar-refractivity contribution < 1.29 is 0 Å². The van der Waals surface area contributed by atoms with Gasteiger partial charge in [0.05, 0.1) is 0 Å². The predicted octanol–water partition coefficient (Wildman–Crippen LogP) is 4.93. The SMILES string of the molecule is CCc1ccc(CC2=CCC(CC)CC2)cc1. The maximum absolute atomic E-state index is 2.49. The molecule has 0 aromatic heterocycles. The molecular formula is C17H24. The predicted molar refractivity (Wildman–Crippen MR) is 75.2 cm³/mol. The van der Waals surface area contributed by atoms with Crippen LogP contribution in [-0.2, 0) is 12.8 Å². The molecule has 17 heavy (non-hydrogen) atoms. The second-order valence-electron chi connectivity index (χ2n) is 5.26. The van der Waals surface area contributed by atoms with Crippen molar-refractivity contribution in [2.45, 2.75) is 52.4 Å². The highest BCUT2D eigenvalue weighted by atomic mass is 14.2. The molecule has 0 heterocycles. The lowest BCUT2D eigenvalue weighted by Crippen LogP contribution is -2.05. The zero-order valence-corrected chi connectivity index (χ0v) is 11.2. The fourth-order valence-corrected chi connectivity index (χ4v) is 2.63. The Bertz CT molecular complexity index is 370. The van der Waals surface area contributed by atoms with Gasteiger partial charge in [-0.1, -0.05) is 56.2 Å². The van der Waals surface area contributed by atoms with E-state index in [2.05, 4.69) is 44.2 Å². The van der Waals surface area contributed by atoms with Crippen molar-refractivity contribution in [2.75, 3.05) is 0 Å². The summed E-state index contributed by atoms with van der Waals surface area (Å²) in [4.78, 5) is 0. The third-order valence-corrected chi connectivity index (χ3v) is 4.05. The van der Waals surface area contributed by atoms with Crippen LogP contribution < -0.4 is 0 Å². The van der Waals surface area contributed by atoms with Gasteiger partial charge >= 0.3 is 0 Å². The molecule has 0 N–H and O–H groups in total. The van der Waals surface area contributed by atoms with Gasteiger partial charge in [-0.05, 0) is 49.1 Å². The van der Waals surface area contributed by atoms with Crippen LogP contribution in [0.3, 0.4) is 0 Å². The lowest BCUT2D eigenvalue weighted by molar-refractivity contribution is 0.453. The Kier molecular flexibility index (Phi) is 4.42. The number of allylic oxidation sites excluding steroid dienone is 2. The minimum absolute atomic E-state index is 0.946. The third kappa shape index (κ3) is 3.46. The van der Waals surface area contributed by atoms with E-state index in [9.17, 15) is 0 Å². The largest absolute Gasteiger partial charge is 0.0847 e. The molecule has 1 aliphatic carbocycles. The lowest BCUT2D eigenvalue weighted by atomic mass is 9.85. The molecule has 0 fully saturated rings. The molecule has 2 rings (SSSR count). The molecule has 0 aliphatic heterocycles. The van der Waals surface area contributed by atoms with Crippen molar-refractivity contribution in [1.29, 1.82) is 0 Å². The second-order valence-corrected chi connectivity index (χ2v) is 5.26. The monoisotopic (exact) mass is 228 g/mol. The summed E-state index contributed by atoms with van der Waals surface area (Å²) >= 11 is 0. The maximum atomic E-state index is 2.49. The molecule has 1 aromatic carbocycles. The minimum atomic E-state index is 0.946. The Morgan fingerprint density at radius 1 is 1.06 bits per heavy atom. The van der Waals surface area contributed by atoms with Gasteiger partial charge in [0.1, 0.15) is 0 Å². The molecule has 0 bridgehead atoms. The molecule has 0 saturated carbocycles. The van der Waals surface area contributed by atoms with Gasteiger partial charge in [0.25, 0.3) is 0 Å². The Morgan fingerprint density at radius 2 is 1.76 bits per heavy atom. The van der Waals surface area contributed by atoms with Crippen molar-refractivity contribution in [3.8, 4) is 0 Å². The molecule has 1 unspecified atom stereocenters. The molecular weight excluding hydrogens is 204 g/mol. The van der Waals surface area contributed by atoms with Crippen molar-refractivity contribution in [2.24, 2.45) is 5.92 Å². The van der Waals surface area contributed by atoms with Crippen LogP contribution in [0, 0.1) is 5.92 Å². The summed E-state index contributed by atoms with van der Waals surface area (Å²) in [6, 6.07) is 9.14. The first kappa shape index (κ1) is 12.4. The van der Waals surface area contributed by atoms with Crippen LogP contribution in [-0.4, -0.2) is 0 Å². The lowest BCUT2D eigenvalue weighted by Gasteiger charge is -2.20. The first-order valence-corrected chi connectivity index (χ1v) is 7.07. The summed E-state index contributed by atoms with van der Waals surface area (Å²) in [7, 11) is 0. The van der Waals surface area contributed by atoms with Crippen molar-refractivity contribution in [3.63, 3.8) is 0 Å². The zero-order valence-electron chi connectivity index (χ0n) is 11.2. The summed E-state index contributed by atoms with van der Waals surface area (Å²) in [5, 5.41) is 0. The van der Waals surface area contributed by atoms with Crippen LogP contribution in [0.5, 0.6) is 0 Å². The number of benzene rings is 1. The molecule has 0 amide bonds. The number of hydrogen-bond donors (Lipinski definition) is 0. The van der Waals surface area contributed by atoms with Crippen LogP contribution >= 0.6 is 0 Å². The van der Waals surface area contributed by atoms with Gasteiger partial charge in [0.2, 0.25) is 0 Å². The summed E-state index contributed by atoms with van der Waals surface area (Å²) in [6.45, 7) is 4.52. The minimum Gasteiger partial charge on any atom is -0.0847 e. The highest BCUT2D eigenvalue weighted by molar-refractivity contribution is 5.27. The van der Waals surface area contributed by atoms with Gasteiger partial charge < -0.3 is 0 Å². The number of rotatable bonds is 4. The third-order valence-electron chi connectivity index (χ3n) is 4.05. The van der Waals surface area contributed by atoms with E-state index in [0.29, 0.717) is 0 Å². The molecule has 0 nitrogen and oxygen atoms in total. The van der Waals surface area contributed by atoms with Crippen LogP contribution in [0.1, 0.15) is 50.7 Å². The van der Waals surface area contributed by atoms with Gasteiger partial charge in [0.15, 0.2) is 0 Å². The Balaban J connectivity index is 1.94. The fourth-order valence-electron chi connectivity index (χ4n) is 2.63. The van der Waals surface area contributed by atoms with Crippen molar-refractivity contribution in [1.82, 2.24) is 0 Å². The van der Waals surface area contributed by atoms with Crippen molar-refractivity contribution >= 4 is 0 Å². The summed E-state index contributed by atoms with van der Waals surface area (Å²) < 4.78 is 0. The molecule has 0 spiro atoms. The maximum Gasteiger partial charge on any atom is -0.00671 e. The van der Waals surface area contributed by atoms with E-state index >= 15 is 0 Å². The molecule has 1 aliphatic rings. The average molecular weight is 228 g/mol. The van der Waals surface area contributed by atoms with E-state index in [0.717, 1.165) is 12.3 Å². The molecule has 0 heteroatoms. The van der Waals surface area contributed by atoms with Crippen molar-refractivity contribution in [3.05, 3.63) is 47.0 Å². The van der Waals surface area contributed by atoms with E-state index < -0.39 is 0 Å². The van der Waals surface area contributed by atoms with Crippen LogP contribution in [0.15, 0.2) is 35.9 Å². The first-order valence-electron chi connectivity index (χ1n) is 7.07.